The zero-order chi connectivity index (χ0) is 21.3. The second-order valence-corrected chi connectivity index (χ2v) is 8.75. The van der Waals surface area contributed by atoms with E-state index in [1.807, 2.05) is 35.2 Å². The third kappa shape index (κ3) is 4.04. The molecule has 30 heavy (non-hydrogen) atoms. The minimum Gasteiger partial charge on any atom is -0.309 e. The van der Waals surface area contributed by atoms with Gasteiger partial charge < -0.3 is 9.80 Å². The van der Waals surface area contributed by atoms with Crippen LogP contribution in [0.15, 0.2) is 53.0 Å². The van der Waals surface area contributed by atoms with Crippen molar-refractivity contribution >= 4 is 39.3 Å². The van der Waals surface area contributed by atoms with Crippen molar-refractivity contribution in [2.45, 2.75) is 25.3 Å². The number of amides is 3. The molecule has 7 heteroatoms. The van der Waals surface area contributed by atoms with Crippen LogP contribution in [0.2, 0.25) is 0 Å². The number of anilines is 1. The molecule has 3 amide bonds. The van der Waals surface area contributed by atoms with Crippen LogP contribution in [0.3, 0.4) is 0 Å². The third-order valence-corrected chi connectivity index (χ3v) is 6.33. The Morgan fingerprint density at radius 2 is 1.70 bits per heavy atom. The molecule has 0 aliphatic carbocycles. The lowest BCUT2D eigenvalue weighted by Crippen LogP contribution is -2.47. The van der Waals surface area contributed by atoms with Gasteiger partial charge in [0.05, 0.1) is 11.1 Å². The van der Waals surface area contributed by atoms with Crippen molar-refractivity contribution in [1.82, 2.24) is 9.80 Å². The molecule has 1 fully saturated rings. The highest BCUT2D eigenvalue weighted by molar-refractivity contribution is 9.10. The molecule has 1 saturated heterocycles. The molecule has 0 bridgehead atoms. The van der Waals surface area contributed by atoms with E-state index in [4.69, 9.17) is 0 Å². The van der Waals surface area contributed by atoms with Gasteiger partial charge in [-0.1, -0.05) is 34.1 Å². The van der Waals surface area contributed by atoms with Gasteiger partial charge in [0.2, 0.25) is 5.91 Å². The maximum absolute atomic E-state index is 13.3. The van der Waals surface area contributed by atoms with Gasteiger partial charge in [-0.25, -0.2) is 0 Å². The van der Waals surface area contributed by atoms with Gasteiger partial charge in [-0.2, -0.15) is 0 Å². The van der Waals surface area contributed by atoms with Crippen LogP contribution >= 0.6 is 15.9 Å². The Balaban J connectivity index is 1.49. The SMILES string of the molecule is CN1CCC(N(C(=O)CCN2C(=O)c3ccc(Br)cc3C2=O)c2ccccc2)CC1. The Labute approximate surface area is 184 Å². The van der Waals surface area contributed by atoms with E-state index in [2.05, 4.69) is 27.9 Å². The number of carbonyl (C=O) groups excluding carboxylic acids is 3. The number of rotatable bonds is 5. The van der Waals surface area contributed by atoms with E-state index in [0.29, 0.717) is 11.1 Å². The molecule has 2 aromatic carbocycles. The average molecular weight is 470 g/mol. The van der Waals surface area contributed by atoms with E-state index < -0.39 is 0 Å². The predicted molar refractivity (Wildman–Crippen MR) is 119 cm³/mol. The highest BCUT2D eigenvalue weighted by atomic mass is 79.9. The van der Waals surface area contributed by atoms with Crippen LogP contribution in [-0.2, 0) is 4.79 Å². The third-order valence-electron chi connectivity index (χ3n) is 5.84. The largest absolute Gasteiger partial charge is 0.309 e. The first-order chi connectivity index (χ1) is 14.5. The first-order valence-electron chi connectivity index (χ1n) is 10.2. The van der Waals surface area contributed by atoms with E-state index in [1.54, 1.807) is 18.2 Å². The van der Waals surface area contributed by atoms with Gasteiger partial charge in [0.25, 0.3) is 11.8 Å². The lowest BCUT2D eigenvalue weighted by atomic mass is 10.0. The van der Waals surface area contributed by atoms with Crippen LogP contribution < -0.4 is 4.90 Å². The Hall–Kier alpha value is -2.51. The number of fused-ring (bicyclic) bond motifs is 1. The summed E-state index contributed by atoms with van der Waals surface area (Å²) >= 11 is 3.34. The number of likely N-dealkylation sites (tertiary alicyclic amines) is 1. The summed E-state index contributed by atoms with van der Waals surface area (Å²) in [5, 5.41) is 0. The summed E-state index contributed by atoms with van der Waals surface area (Å²) in [4.78, 5) is 44.0. The molecule has 0 radical (unpaired) electrons. The molecular formula is C23H24BrN3O3. The van der Waals surface area contributed by atoms with Gasteiger partial charge in [0.1, 0.15) is 0 Å². The normalized spacial score (nSPS) is 17.3. The molecule has 0 unspecified atom stereocenters. The smallest absolute Gasteiger partial charge is 0.261 e. The zero-order valence-corrected chi connectivity index (χ0v) is 18.5. The average Bonchev–Trinajstić information content (AvgIpc) is 2.98. The van der Waals surface area contributed by atoms with Gasteiger partial charge >= 0.3 is 0 Å². The van der Waals surface area contributed by atoms with Crippen molar-refractivity contribution in [3.63, 3.8) is 0 Å². The van der Waals surface area contributed by atoms with Gasteiger partial charge in [0.15, 0.2) is 0 Å². The highest BCUT2D eigenvalue weighted by Gasteiger charge is 2.36. The van der Waals surface area contributed by atoms with Crippen LogP contribution in [0, 0.1) is 0 Å². The Bertz CT molecular complexity index is 971. The van der Waals surface area contributed by atoms with E-state index >= 15 is 0 Å². The Kier molecular flexibility index (Phi) is 6.01. The molecular weight excluding hydrogens is 446 g/mol. The van der Waals surface area contributed by atoms with Crippen molar-refractivity contribution < 1.29 is 14.4 Å². The summed E-state index contributed by atoms with van der Waals surface area (Å²) in [6.07, 6.45) is 1.91. The monoisotopic (exact) mass is 469 g/mol. The fourth-order valence-electron chi connectivity index (χ4n) is 4.19. The van der Waals surface area contributed by atoms with E-state index in [9.17, 15) is 14.4 Å². The van der Waals surface area contributed by atoms with Crippen molar-refractivity contribution in [3.05, 3.63) is 64.1 Å². The van der Waals surface area contributed by atoms with Gasteiger partial charge in [0, 0.05) is 29.2 Å². The Morgan fingerprint density at radius 1 is 1.03 bits per heavy atom. The number of imide groups is 1. The fraction of sp³-hybridized carbons (Fsp3) is 0.348. The molecule has 0 aromatic heterocycles. The van der Waals surface area contributed by atoms with Gasteiger partial charge in [-0.3, -0.25) is 19.3 Å². The number of hydrogen-bond acceptors (Lipinski definition) is 4. The molecule has 2 heterocycles. The molecule has 0 spiro atoms. The van der Waals surface area contributed by atoms with Crippen LogP contribution in [0.5, 0.6) is 0 Å². The van der Waals surface area contributed by atoms with Crippen LogP contribution in [0.25, 0.3) is 0 Å². The lowest BCUT2D eigenvalue weighted by molar-refractivity contribution is -0.119. The molecule has 0 saturated carbocycles. The van der Waals surface area contributed by atoms with Crippen molar-refractivity contribution in [2.75, 3.05) is 31.6 Å². The summed E-state index contributed by atoms with van der Waals surface area (Å²) in [5.74, 6) is -0.732. The topological polar surface area (TPSA) is 60.9 Å². The van der Waals surface area contributed by atoms with Crippen LogP contribution in [-0.4, -0.2) is 60.2 Å². The molecule has 0 N–H and O–H groups in total. The van der Waals surface area contributed by atoms with Crippen LogP contribution in [0.4, 0.5) is 5.69 Å². The highest BCUT2D eigenvalue weighted by Crippen LogP contribution is 2.28. The van der Waals surface area contributed by atoms with Gasteiger partial charge in [-0.15, -0.1) is 0 Å². The number of piperidine rings is 1. The maximum atomic E-state index is 13.3. The summed E-state index contributed by atoms with van der Waals surface area (Å²) < 4.78 is 0.748. The molecule has 0 atom stereocenters. The molecule has 2 aromatic rings. The molecule has 2 aliphatic rings. The first-order valence-corrected chi connectivity index (χ1v) is 11.0. The summed E-state index contributed by atoms with van der Waals surface area (Å²) in [7, 11) is 2.09. The van der Waals surface area contributed by atoms with E-state index in [0.717, 1.165) is 36.1 Å². The molecule has 4 rings (SSSR count). The van der Waals surface area contributed by atoms with Crippen molar-refractivity contribution in [3.8, 4) is 0 Å². The molecule has 6 nitrogen and oxygen atoms in total. The quantitative estimate of drug-likeness (QED) is 0.628. The summed E-state index contributed by atoms with van der Waals surface area (Å²) in [5.41, 5.74) is 1.64. The number of para-hydroxylation sites is 1. The predicted octanol–water partition coefficient (Wildman–Crippen LogP) is 3.56. The standard InChI is InChI=1S/C23H24BrN3O3/c1-25-12-9-18(10-13-25)27(17-5-3-2-4-6-17)21(28)11-14-26-22(29)19-8-7-16(24)15-20(19)23(26)30/h2-8,15,18H,9-14H2,1H3. The second-order valence-electron chi connectivity index (χ2n) is 7.84. The molecule has 2 aliphatic heterocycles. The van der Waals surface area contributed by atoms with Gasteiger partial charge in [-0.05, 0) is 63.3 Å². The number of benzene rings is 2. The Morgan fingerprint density at radius 3 is 2.40 bits per heavy atom. The number of carbonyl (C=O) groups is 3. The second kappa shape index (κ2) is 8.70. The zero-order valence-electron chi connectivity index (χ0n) is 16.9. The number of nitrogens with zero attached hydrogens (tertiary/aromatic N) is 3. The number of hydrogen-bond donors (Lipinski definition) is 0. The maximum Gasteiger partial charge on any atom is 0.261 e. The fourth-order valence-corrected chi connectivity index (χ4v) is 4.56. The minimum atomic E-state index is -0.338. The number of halogens is 1. The van der Waals surface area contributed by atoms with Crippen LogP contribution in [0.1, 0.15) is 40.0 Å². The minimum absolute atomic E-state index is 0.0616. The lowest BCUT2D eigenvalue weighted by Gasteiger charge is -2.37. The van der Waals surface area contributed by atoms with Crippen molar-refractivity contribution in [2.24, 2.45) is 0 Å². The van der Waals surface area contributed by atoms with E-state index in [1.165, 1.54) is 4.90 Å². The van der Waals surface area contributed by atoms with Crippen molar-refractivity contribution in [1.29, 1.82) is 0 Å². The first kappa shape index (κ1) is 20.8. The summed E-state index contributed by atoms with van der Waals surface area (Å²) in [6, 6.07) is 14.8. The van der Waals surface area contributed by atoms with E-state index in [-0.39, 0.29) is 36.7 Å². The molecule has 156 valence electrons. The summed E-state index contributed by atoms with van der Waals surface area (Å²) in [6.45, 7) is 1.96.